The predicted molar refractivity (Wildman–Crippen MR) is 54.2 cm³/mol. The molecule has 1 amide bonds. The third kappa shape index (κ3) is 6.16. The fraction of sp³-hybridized carbons (Fsp3) is 0.400. The number of rotatable bonds is 6. The summed E-state index contributed by atoms with van der Waals surface area (Å²) in [6.45, 7) is 3.16. The number of aliphatic carboxylic acids is 1. The van der Waals surface area contributed by atoms with E-state index in [2.05, 4.69) is 17.2 Å². The highest BCUT2D eigenvalue weighted by Gasteiger charge is 2.16. The van der Waals surface area contributed by atoms with Crippen LogP contribution in [0.15, 0.2) is 12.7 Å². The number of carboxylic acids is 1. The molecule has 0 saturated carbocycles. The fourth-order valence-corrected chi connectivity index (χ4v) is 0.819. The number of hydrogen-bond donors (Lipinski definition) is 1. The Hall–Kier alpha value is -1.96. The highest BCUT2D eigenvalue weighted by atomic mass is 16.6. The summed E-state index contributed by atoms with van der Waals surface area (Å²) < 4.78 is 4.69. The molecule has 5 heteroatoms. The topological polar surface area (TPSA) is 66.8 Å². The molecule has 0 aliphatic carbocycles. The van der Waals surface area contributed by atoms with Gasteiger partial charge < -0.3 is 9.84 Å². The summed E-state index contributed by atoms with van der Waals surface area (Å²) in [5, 5.41) is 8.54. The highest BCUT2D eigenvalue weighted by Crippen LogP contribution is 1.96. The number of terminal acetylenes is 1. The average Bonchev–Trinajstić information content (AvgIpc) is 2.20. The van der Waals surface area contributed by atoms with E-state index in [-0.39, 0.29) is 19.6 Å². The summed E-state index contributed by atoms with van der Waals surface area (Å²) in [4.78, 5) is 22.7. The lowest BCUT2D eigenvalue weighted by Gasteiger charge is -2.18. The first kappa shape index (κ1) is 13.0. The molecule has 15 heavy (non-hydrogen) atoms. The van der Waals surface area contributed by atoms with E-state index >= 15 is 0 Å². The van der Waals surface area contributed by atoms with Gasteiger partial charge in [-0.25, -0.2) is 4.79 Å². The Bertz CT molecular complexity index is 280. The third-order valence-electron chi connectivity index (χ3n) is 1.44. The molecule has 0 saturated heterocycles. The Morgan fingerprint density at radius 2 is 2.27 bits per heavy atom. The van der Waals surface area contributed by atoms with Crippen LogP contribution in [0.1, 0.15) is 6.42 Å². The molecule has 0 radical (unpaired) electrons. The first-order chi connectivity index (χ1) is 7.11. The van der Waals surface area contributed by atoms with Crippen molar-refractivity contribution in [3.63, 3.8) is 0 Å². The van der Waals surface area contributed by atoms with Crippen LogP contribution in [-0.2, 0) is 9.53 Å². The summed E-state index contributed by atoms with van der Waals surface area (Å²) >= 11 is 0. The van der Waals surface area contributed by atoms with Crippen LogP contribution in [-0.4, -0.2) is 41.8 Å². The van der Waals surface area contributed by atoms with Crippen molar-refractivity contribution in [3.05, 3.63) is 12.7 Å². The largest absolute Gasteiger partial charge is 0.480 e. The van der Waals surface area contributed by atoms with Crippen LogP contribution in [0.4, 0.5) is 4.79 Å². The SMILES string of the molecule is C#CCCN(CC(=O)O)C(=O)OCC=C. The standard InChI is InChI=1S/C10H13NO4/c1-3-5-6-11(8-9(12)13)10(14)15-7-4-2/h1,4H,2,5-8H2,(H,12,13). The Labute approximate surface area is 88.3 Å². The van der Waals surface area contributed by atoms with Gasteiger partial charge in [0.1, 0.15) is 13.2 Å². The second-order valence-corrected chi connectivity index (χ2v) is 2.64. The molecule has 0 bridgehead atoms. The summed E-state index contributed by atoms with van der Waals surface area (Å²) in [5.74, 6) is 1.21. The highest BCUT2D eigenvalue weighted by molar-refractivity contribution is 5.76. The van der Waals surface area contributed by atoms with Crippen LogP contribution < -0.4 is 0 Å². The van der Waals surface area contributed by atoms with E-state index < -0.39 is 18.6 Å². The molecular weight excluding hydrogens is 198 g/mol. The molecule has 0 heterocycles. The molecule has 0 aliphatic heterocycles. The second kappa shape index (κ2) is 7.44. The van der Waals surface area contributed by atoms with Crippen LogP contribution in [0.25, 0.3) is 0 Å². The van der Waals surface area contributed by atoms with E-state index in [9.17, 15) is 9.59 Å². The van der Waals surface area contributed by atoms with Crippen LogP contribution >= 0.6 is 0 Å². The van der Waals surface area contributed by atoms with E-state index in [1.54, 1.807) is 0 Å². The van der Waals surface area contributed by atoms with Crippen LogP contribution in [0.3, 0.4) is 0 Å². The number of carbonyl (C=O) groups is 2. The quantitative estimate of drug-likeness (QED) is 0.519. The molecule has 1 N–H and O–H groups in total. The summed E-state index contributed by atoms with van der Waals surface area (Å²) in [7, 11) is 0. The number of carboxylic acid groups (broad SMARTS) is 1. The maximum Gasteiger partial charge on any atom is 0.410 e. The van der Waals surface area contributed by atoms with Gasteiger partial charge in [-0.05, 0) is 0 Å². The molecule has 0 spiro atoms. The fourth-order valence-electron chi connectivity index (χ4n) is 0.819. The number of nitrogens with zero attached hydrogens (tertiary/aromatic N) is 1. The van der Waals surface area contributed by atoms with Gasteiger partial charge in [-0.2, -0.15) is 0 Å². The molecule has 0 aromatic rings. The van der Waals surface area contributed by atoms with Crippen molar-refractivity contribution in [3.8, 4) is 12.3 Å². The van der Waals surface area contributed by atoms with Crippen molar-refractivity contribution in [2.24, 2.45) is 0 Å². The molecular formula is C10H13NO4. The van der Waals surface area contributed by atoms with Crippen LogP contribution in [0.5, 0.6) is 0 Å². The van der Waals surface area contributed by atoms with E-state index in [1.165, 1.54) is 6.08 Å². The average molecular weight is 211 g/mol. The van der Waals surface area contributed by atoms with E-state index in [4.69, 9.17) is 11.5 Å². The lowest BCUT2D eigenvalue weighted by Crippen LogP contribution is -2.36. The molecule has 0 atom stereocenters. The minimum Gasteiger partial charge on any atom is -0.480 e. The molecule has 82 valence electrons. The normalized spacial score (nSPS) is 8.73. The Morgan fingerprint density at radius 3 is 2.73 bits per heavy atom. The van der Waals surface area contributed by atoms with E-state index in [0.29, 0.717) is 0 Å². The Morgan fingerprint density at radius 1 is 1.60 bits per heavy atom. The van der Waals surface area contributed by atoms with E-state index in [0.717, 1.165) is 4.90 Å². The minimum atomic E-state index is -1.11. The van der Waals surface area contributed by atoms with Crippen molar-refractivity contribution < 1.29 is 19.4 Å². The lowest BCUT2D eigenvalue weighted by atomic mass is 10.4. The van der Waals surface area contributed by atoms with Crippen molar-refractivity contribution in [2.75, 3.05) is 19.7 Å². The van der Waals surface area contributed by atoms with Gasteiger partial charge in [-0.1, -0.05) is 12.7 Å². The third-order valence-corrected chi connectivity index (χ3v) is 1.44. The monoisotopic (exact) mass is 211 g/mol. The Kier molecular flexibility index (Phi) is 6.47. The van der Waals surface area contributed by atoms with Gasteiger partial charge in [0, 0.05) is 13.0 Å². The van der Waals surface area contributed by atoms with Crippen LogP contribution in [0, 0.1) is 12.3 Å². The van der Waals surface area contributed by atoms with Crippen molar-refractivity contribution >= 4 is 12.1 Å². The molecule has 0 aromatic carbocycles. The van der Waals surface area contributed by atoms with Gasteiger partial charge >= 0.3 is 12.1 Å². The van der Waals surface area contributed by atoms with Gasteiger partial charge in [0.2, 0.25) is 0 Å². The molecule has 0 unspecified atom stereocenters. The molecule has 5 nitrogen and oxygen atoms in total. The lowest BCUT2D eigenvalue weighted by molar-refractivity contribution is -0.137. The Balaban J connectivity index is 4.20. The van der Waals surface area contributed by atoms with Gasteiger partial charge in [0.05, 0.1) is 0 Å². The number of hydrogen-bond acceptors (Lipinski definition) is 3. The molecule has 0 fully saturated rings. The molecule has 0 aromatic heterocycles. The van der Waals surface area contributed by atoms with Crippen molar-refractivity contribution in [1.82, 2.24) is 4.90 Å². The molecule has 0 aliphatic rings. The maximum absolute atomic E-state index is 11.3. The first-order valence-electron chi connectivity index (χ1n) is 4.29. The summed E-state index contributed by atoms with van der Waals surface area (Å²) in [5.41, 5.74) is 0. The summed E-state index contributed by atoms with van der Waals surface area (Å²) in [6.07, 6.45) is 6.00. The van der Waals surface area contributed by atoms with Gasteiger partial charge in [0.15, 0.2) is 0 Å². The number of carbonyl (C=O) groups excluding carboxylic acids is 1. The van der Waals surface area contributed by atoms with E-state index in [1.807, 2.05) is 0 Å². The zero-order chi connectivity index (χ0) is 11.7. The second-order valence-electron chi connectivity index (χ2n) is 2.64. The zero-order valence-corrected chi connectivity index (χ0v) is 8.31. The van der Waals surface area contributed by atoms with Crippen LogP contribution in [0.2, 0.25) is 0 Å². The summed E-state index contributed by atoms with van der Waals surface area (Å²) in [6, 6.07) is 0. The zero-order valence-electron chi connectivity index (χ0n) is 8.31. The van der Waals surface area contributed by atoms with Crippen molar-refractivity contribution in [2.45, 2.75) is 6.42 Å². The smallest absolute Gasteiger partial charge is 0.410 e. The number of amides is 1. The van der Waals surface area contributed by atoms with Gasteiger partial charge in [0.25, 0.3) is 0 Å². The maximum atomic E-state index is 11.3. The molecule has 0 rings (SSSR count). The number of ether oxygens (including phenoxy) is 1. The predicted octanol–water partition coefficient (Wildman–Crippen LogP) is 0.719. The van der Waals surface area contributed by atoms with Crippen molar-refractivity contribution in [1.29, 1.82) is 0 Å². The minimum absolute atomic E-state index is 0.0466. The van der Waals surface area contributed by atoms with Gasteiger partial charge in [-0.15, -0.1) is 12.3 Å². The first-order valence-corrected chi connectivity index (χ1v) is 4.29. The van der Waals surface area contributed by atoms with Gasteiger partial charge in [-0.3, -0.25) is 9.69 Å².